The highest BCUT2D eigenvalue weighted by Gasteiger charge is 2.50. The average Bonchev–Trinajstić information content (AvgIpc) is 3.71. The van der Waals surface area contributed by atoms with Crippen molar-refractivity contribution in [2.75, 3.05) is 58.2 Å². The van der Waals surface area contributed by atoms with E-state index >= 15 is 8.78 Å². The highest BCUT2D eigenvalue weighted by atomic mass is 35.5. The fourth-order valence-electron chi connectivity index (χ4n) is 8.49. The van der Waals surface area contributed by atoms with Crippen LogP contribution in [0.2, 0.25) is 5.02 Å². The number of methoxy groups -OCH3 is 1. The monoisotopic (exact) mass is 712 g/mol. The molecule has 13 heteroatoms. The minimum atomic E-state index is -0.942. The van der Waals surface area contributed by atoms with Crippen LogP contribution in [-0.4, -0.2) is 91.3 Å². The van der Waals surface area contributed by atoms with Gasteiger partial charge in [-0.15, -0.1) is 0 Å². The summed E-state index contributed by atoms with van der Waals surface area (Å²) in [5, 5.41) is 1.61. The van der Waals surface area contributed by atoms with Gasteiger partial charge in [0.2, 0.25) is 0 Å². The molecule has 9 nitrogen and oxygen atoms in total. The van der Waals surface area contributed by atoms with Crippen LogP contribution in [0.3, 0.4) is 0 Å². The van der Waals surface area contributed by atoms with Crippen LogP contribution in [0.1, 0.15) is 46.0 Å². The number of rotatable bonds is 8. The molecule has 4 aromatic rings. The van der Waals surface area contributed by atoms with Gasteiger partial charge >= 0.3 is 6.01 Å². The second-order valence-electron chi connectivity index (χ2n) is 14.5. The number of hydrogen-bond acceptors (Lipinski definition) is 9. The summed E-state index contributed by atoms with van der Waals surface area (Å²) < 4.78 is 77.8. The standard InChI is InChI=1S/C37H40ClF3N4O5/c1-35(2)49-20-37(50-35)10-6-11-44(18-37)33-26-15-28(40)30(25-14-24(48-21-46-3)13-22-7-4-8-27(38)29(22)25)31(41)32(26)42-34(43-33)47-19-36-9-5-12-45(36)17-23(39)16-36/h4,7-8,13-15,23H,5-6,9-12,16-21H2,1-3H3/t23-,36+,37?/m1/s1. The van der Waals surface area contributed by atoms with Crippen LogP contribution < -0.4 is 14.4 Å². The van der Waals surface area contributed by atoms with E-state index in [-0.39, 0.29) is 41.4 Å². The number of anilines is 1. The first-order valence-corrected chi connectivity index (χ1v) is 17.5. The molecule has 0 amide bonds. The van der Waals surface area contributed by atoms with Gasteiger partial charge in [-0.1, -0.05) is 23.7 Å². The van der Waals surface area contributed by atoms with Gasteiger partial charge in [0.25, 0.3) is 0 Å². The van der Waals surface area contributed by atoms with Gasteiger partial charge in [0.05, 0.1) is 24.3 Å². The summed E-state index contributed by atoms with van der Waals surface area (Å²) in [6.07, 6.45) is 2.66. The molecular weight excluding hydrogens is 673 g/mol. The van der Waals surface area contributed by atoms with Crippen molar-refractivity contribution in [2.24, 2.45) is 0 Å². The normalized spacial score (nSPS) is 26.4. The molecule has 3 atom stereocenters. The Labute approximate surface area is 293 Å². The van der Waals surface area contributed by atoms with Crippen molar-refractivity contribution < 1.29 is 36.9 Å². The largest absolute Gasteiger partial charge is 0.468 e. The van der Waals surface area contributed by atoms with Gasteiger partial charge < -0.3 is 28.6 Å². The second kappa shape index (κ2) is 12.7. The van der Waals surface area contributed by atoms with Gasteiger partial charge in [-0.2, -0.15) is 9.97 Å². The smallest absolute Gasteiger partial charge is 0.319 e. The Balaban J connectivity index is 1.27. The molecule has 1 aromatic heterocycles. The highest BCUT2D eigenvalue weighted by Crippen LogP contribution is 2.45. The molecule has 3 aromatic carbocycles. The van der Waals surface area contributed by atoms with E-state index < -0.39 is 34.7 Å². The van der Waals surface area contributed by atoms with E-state index in [0.29, 0.717) is 60.0 Å². The first kappa shape index (κ1) is 33.7. The van der Waals surface area contributed by atoms with Gasteiger partial charge in [-0.25, -0.2) is 13.2 Å². The minimum Gasteiger partial charge on any atom is -0.468 e. The number of halogens is 4. The van der Waals surface area contributed by atoms with Crippen LogP contribution in [0.4, 0.5) is 19.0 Å². The quantitative estimate of drug-likeness (QED) is 0.173. The lowest BCUT2D eigenvalue weighted by atomic mass is 9.93. The van der Waals surface area contributed by atoms with Crippen molar-refractivity contribution in [2.45, 2.75) is 69.1 Å². The Kier molecular flexibility index (Phi) is 8.54. The van der Waals surface area contributed by atoms with Gasteiger partial charge in [-0.05, 0) is 75.7 Å². The molecule has 0 bridgehead atoms. The van der Waals surface area contributed by atoms with E-state index in [4.69, 9.17) is 40.3 Å². The van der Waals surface area contributed by atoms with E-state index in [9.17, 15) is 4.39 Å². The van der Waals surface area contributed by atoms with Crippen molar-refractivity contribution in [1.82, 2.24) is 14.9 Å². The lowest BCUT2D eigenvalue weighted by Crippen LogP contribution is -2.51. The van der Waals surface area contributed by atoms with E-state index in [1.54, 1.807) is 30.3 Å². The molecule has 4 saturated heterocycles. The number of hydrogen-bond donors (Lipinski definition) is 0. The summed E-state index contributed by atoms with van der Waals surface area (Å²) in [5.74, 6) is -1.78. The number of aromatic nitrogens is 2. The Hall–Kier alpha value is -3.42. The van der Waals surface area contributed by atoms with Gasteiger partial charge in [0, 0.05) is 48.0 Å². The fourth-order valence-corrected chi connectivity index (χ4v) is 8.77. The number of piperidine rings is 1. The zero-order valence-electron chi connectivity index (χ0n) is 28.4. The molecule has 8 rings (SSSR count). The maximum Gasteiger partial charge on any atom is 0.319 e. The van der Waals surface area contributed by atoms with Gasteiger partial charge in [-0.3, -0.25) is 4.90 Å². The third kappa shape index (κ3) is 5.92. The number of ether oxygens (including phenoxy) is 5. The van der Waals surface area contributed by atoms with Crippen molar-refractivity contribution in [3.05, 3.63) is 53.1 Å². The van der Waals surface area contributed by atoms with E-state index in [0.717, 1.165) is 32.2 Å². The summed E-state index contributed by atoms with van der Waals surface area (Å²) in [6.45, 7) is 6.36. The maximum atomic E-state index is 17.2. The van der Waals surface area contributed by atoms with E-state index in [1.807, 2.05) is 18.7 Å². The lowest BCUT2D eigenvalue weighted by Gasteiger charge is -2.40. The van der Waals surface area contributed by atoms with Crippen molar-refractivity contribution in [1.29, 1.82) is 0 Å². The van der Waals surface area contributed by atoms with Crippen molar-refractivity contribution in [3.63, 3.8) is 0 Å². The molecule has 0 saturated carbocycles. The molecule has 5 heterocycles. The molecule has 1 unspecified atom stereocenters. The number of nitrogens with zero attached hydrogens (tertiary/aromatic N) is 4. The molecular formula is C37H40ClF3N4O5. The zero-order chi connectivity index (χ0) is 34.8. The summed E-state index contributed by atoms with van der Waals surface area (Å²) >= 11 is 6.66. The van der Waals surface area contributed by atoms with Crippen molar-refractivity contribution in [3.8, 4) is 22.9 Å². The lowest BCUT2D eigenvalue weighted by molar-refractivity contribution is -0.162. The summed E-state index contributed by atoms with van der Waals surface area (Å²) in [4.78, 5) is 13.5. The third-order valence-corrected chi connectivity index (χ3v) is 10.9. The van der Waals surface area contributed by atoms with E-state index in [2.05, 4.69) is 9.88 Å². The number of benzene rings is 3. The van der Waals surface area contributed by atoms with Crippen LogP contribution >= 0.6 is 11.6 Å². The van der Waals surface area contributed by atoms with Crippen LogP contribution in [0.25, 0.3) is 32.8 Å². The van der Waals surface area contributed by atoms with Crippen LogP contribution in [0.15, 0.2) is 36.4 Å². The zero-order valence-corrected chi connectivity index (χ0v) is 29.1. The van der Waals surface area contributed by atoms with Crippen LogP contribution in [-0.2, 0) is 14.2 Å². The average molecular weight is 713 g/mol. The minimum absolute atomic E-state index is 0.0587. The van der Waals surface area contributed by atoms with Crippen LogP contribution in [0, 0.1) is 11.6 Å². The molecule has 266 valence electrons. The summed E-state index contributed by atoms with van der Waals surface area (Å²) in [7, 11) is 1.49. The second-order valence-corrected chi connectivity index (χ2v) is 14.9. The predicted octanol–water partition coefficient (Wildman–Crippen LogP) is 7.44. The molecule has 1 spiro atoms. The Morgan fingerprint density at radius 1 is 1.06 bits per heavy atom. The summed E-state index contributed by atoms with van der Waals surface area (Å²) in [5.41, 5.74) is -1.30. The molecule has 50 heavy (non-hydrogen) atoms. The summed E-state index contributed by atoms with van der Waals surface area (Å²) in [6, 6.07) is 9.74. The van der Waals surface area contributed by atoms with Crippen LogP contribution in [0.5, 0.6) is 11.8 Å². The van der Waals surface area contributed by atoms with Crippen molar-refractivity contribution >= 4 is 39.1 Å². The Bertz CT molecular complexity index is 1970. The first-order valence-electron chi connectivity index (χ1n) is 17.1. The molecule has 0 aliphatic carbocycles. The predicted molar refractivity (Wildman–Crippen MR) is 184 cm³/mol. The number of fused-ring (bicyclic) bond motifs is 3. The molecule has 4 aliphatic heterocycles. The third-order valence-electron chi connectivity index (χ3n) is 10.6. The fraction of sp³-hybridized carbons (Fsp3) is 0.514. The van der Waals surface area contributed by atoms with Gasteiger partial charge in [0.15, 0.2) is 18.4 Å². The molecule has 4 aliphatic rings. The Morgan fingerprint density at radius 3 is 2.70 bits per heavy atom. The first-order chi connectivity index (χ1) is 24.0. The van der Waals surface area contributed by atoms with Gasteiger partial charge in [0.1, 0.15) is 41.3 Å². The SMILES string of the molecule is COCOc1cc(-c2c(F)cc3c(N4CCCC5(COC(C)(C)O5)C4)nc(OC[C@@]45CCCN4C[C@H](F)C5)nc3c2F)c2c(Cl)cccc2c1. The van der Waals surface area contributed by atoms with E-state index in [1.165, 1.54) is 13.2 Å². The number of alkyl halides is 1. The topological polar surface area (TPSA) is 78.4 Å². The Morgan fingerprint density at radius 2 is 1.90 bits per heavy atom. The highest BCUT2D eigenvalue weighted by molar-refractivity contribution is 6.36. The molecule has 4 fully saturated rings. The maximum absolute atomic E-state index is 17.2. The molecule has 0 N–H and O–H groups in total. The molecule has 0 radical (unpaired) electrons.